The molecule has 1 atom stereocenters. The first-order valence-corrected chi connectivity index (χ1v) is 6.01. The molecule has 102 valence electrons. The Hall–Kier alpha value is -1.98. The number of halogens is 2. The summed E-state index contributed by atoms with van der Waals surface area (Å²) in [6.45, 7) is 2.91. The second kappa shape index (κ2) is 4.95. The minimum absolute atomic E-state index is 0.227. The van der Waals surface area contributed by atoms with Gasteiger partial charge in [0, 0.05) is 0 Å². The summed E-state index contributed by atoms with van der Waals surface area (Å²) in [5.74, 6) is -2.57. The molecule has 0 bridgehead atoms. The lowest BCUT2D eigenvalue weighted by Crippen LogP contribution is -2.59. The highest BCUT2D eigenvalue weighted by Crippen LogP contribution is 2.29. The van der Waals surface area contributed by atoms with Gasteiger partial charge in [-0.05, 0) is 25.0 Å². The highest BCUT2D eigenvalue weighted by atomic mass is 19.1. The molecule has 0 saturated carbocycles. The zero-order chi connectivity index (χ0) is 14.2. The van der Waals surface area contributed by atoms with Crippen LogP contribution in [0, 0.1) is 18.6 Å². The summed E-state index contributed by atoms with van der Waals surface area (Å²) in [5.41, 5.74) is -0.211. The number of hydrogen-bond acceptors (Lipinski definition) is 2. The summed E-state index contributed by atoms with van der Waals surface area (Å²) in [4.78, 5) is 24.5. The molecule has 1 aromatic carbocycles. The van der Waals surface area contributed by atoms with Crippen molar-refractivity contribution in [2.75, 3.05) is 11.4 Å². The van der Waals surface area contributed by atoms with Crippen LogP contribution in [0.15, 0.2) is 12.1 Å². The Kier molecular flexibility index (Phi) is 3.50. The maximum atomic E-state index is 14.1. The van der Waals surface area contributed by atoms with Crippen molar-refractivity contribution in [3.63, 3.8) is 0 Å². The van der Waals surface area contributed by atoms with E-state index in [1.54, 1.807) is 6.92 Å². The molecule has 0 aliphatic carbocycles. The number of rotatable bonds is 2. The fourth-order valence-electron chi connectivity index (χ4n) is 2.17. The summed E-state index contributed by atoms with van der Waals surface area (Å²) in [7, 11) is 0. The Morgan fingerprint density at radius 1 is 1.37 bits per heavy atom. The lowest BCUT2D eigenvalue weighted by Gasteiger charge is -2.34. The van der Waals surface area contributed by atoms with Gasteiger partial charge < -0.3 is 5.32 Å². The van der Waals surface area contributed by atoms with Gasteiger partial charge in [0.15, 0.2) is 5.82 Å². The number of nitrogens with one attached hydrogen (secondary N) is 1. The molecule has 2 rings (SSSR count). The number of amides is 2. The smallest absolute Gasteiger partial charge is 0.247 e. The summed E-state index contributed by atoms with van der Waals surface area (Å²) >= 11 is 0. The summed E-state index contributed by atoms with van der Waals surface area (Å²) in [6.07, 6.45) is 0.282. The number of carbonyl (C=O) groups excluding carboxylic acids is 2. The van der Waals surface area contributed by atoms with Crippen LogP contribution in [0.5, 0.6) is 0 Å². The molecule has 1 aromatic rings. The minimum Gasteiger partial charge on any atom is -0.345 e. The van der Waals surface area contributed by atoms with Crippen molar-refractivity contribution < 1.29 is 18.4 Å². The van der Waals surface area contributed by atoms with Crippen LogP contribution in [-0.2, 0) is 9.59 Å². The molecular formula is C13H14F2N2O2. The second-order valence-electron chi connectivity index (χ2n) is 4.43. The molecule has 19 heavy (non-hydrogen) atoms. The monoisotopic (exact) mass is 268 g/mol. The van der Waals surface area contributed by atoms with Crippen molar-refractivity contribution >= 4 is 17.5 Å². The van der Waals surface area contributed by atoms with Gasteiger partial charge in [-0.15, -0.1) is 0 Å². The highest BCUT2D eigenvalue weighted by Gasteiger charge is 2.37. The van der Waals surface area contributed by atoms with E-state index < -0.39 is 35.2 Å². The summed E-state index contributed by atoms with van der Waals surface area (Å²) in [5, 5.41) is 2.41. The molecule has 1 aliphatic heterocycles. The van der Waals surface area contributed by atoms with Crippen molar-refractivity contribution in [2.45, 2.75) is 26.3 Å². The van der Waals surface area contributed by atoms with E-state index in [1.807, 2.05) is 0 Å². The third-order valence-corrected chi connectivity index (χ3v) is 3.18. The van der Waals surface area contributed by atoms with E-state index in [1.165, 1.54) is 13.0 Å². The average Bonchev–Trinajstić information content (AvgIpc) is 2.38. The maximum absolute atomic E-state index is 14.1. The van der Waals surface area contributed by atoms with Crippen molar-refractivity contribution in [3.8, 4) is 0 Å². The van der Waals surface area contributed by atoms with Gasteiger partial charge >= 0.3 is 0 Å². The molecule has 1 unspecified atom stereocenters. The Balaban J connectivity index is 2.57. The van der Waals surface area contributed by atoms with Gasteiger partial charge in [0.25, 0.3) is 0 Å². The number of benzene rings is 1. The predicted octanol–water partition coefficient (Wildman–Crippen LogP) is 1.51. The van der Waals surface area contributed by atoms with E-state index in [0.717, 1.165) is 11.0 Å². The summed E-state index contributed by atoms with van der Waals surface area (Å²) < 4.78 is 28.0. The maximum Gasteiger partial charge on any atom is 0.247 e. The van der Waals surface area contributed by atoms with E-state index in [2.05, 4.69) is 5.32 Å². The molecule has 1 fully saturated rings. The molecule has 1 heterocycles. The van der Waals surface area contributed by atoms with Crippen LogP contribution in [0.3, 0.4) is 0 Å². The Morgan fingerprint density at radius 2 is 2.05 bits per heavy atom. The topological polar surface area (TPSA) is 49.4 Å². The molecular weight excluding hydrogens is 254 g/mol. The largest absolute Gasteiger partial charge is 0.345 e. The Bertz CT molecular complexity index is 546. The lowest BCUT2D eigenvalue weighted by atomic mass is 10.1. The van der Waals surface area contributed by atoms with Gasteiger partial charge in [0.05, 0.1) is 6.54 Å². The second-order valence-corrected chi connectivity index (χ2v) is 4.43. The molecule has 4 nitrogen and oxygen atoms in total. The zero-order valence-electron chi connectivity index (χ0n) is 10.7. The number of anilines is 1. The van der Waals surface area contributed by atoms with E-state index in [0.29, 0.717) is 0 Å². The van der Waals surface area contributed by atoms with E-state index in [9.17, 15) is 18.4 Å². The number of hydrogen-bond donors (Lipinski definition) is 1. The quantitative estimate of drug-likeness (QED) is 0.884. The first-order valence-electron chi connectivity index (χ1n) is 6.01. The molecule has 6 heteroatoms. The fraction of sp³-hybridized carbons (Fsp3) is 0.385. The van der Waals surface area contributed by atoms with Gasteiger partial charge in [-0.2, -0.15) is 0 Å². The van der Waals surface area contributed by atoms with Crippen LogP contribution >= 0.6 is 0 Å². The Labute approximate surface area is 109 Å². The zero-order valence-corrected chi connectivity index (χ0v) is 10.7. The van der Waals surface area contributed by atoms with Gasteiger partial charge in [-0.1, -0.05) is 13.0 Å². The van der Waals surface area contributed by atoms with Crippen LogP contribution in [0.1, 0.15) is 18.9 Å². The van der Waals surface area contributed by atoms with Crippen molar-refractivity contribution in [3.05, 3.63) is 29.3 Å². The van der Waals surface area contributed by atoms with Crippen LogP contribution in [0.4, 0.5) is 14.5 Å². The van der Waals surface area contributed by atoms with Crippen LogP contribution in [0.2, 0.25) is 0 Å². The Morgan fingerprint density at radius 3 is 2.68 bits per heavy atom. The number of carbonyl (C=O) groups is 2. The van der Waals surface area contributed by atoms with Gasteiger partial charge in [-0.3, -0.25) is 14.5 Å². The summed E-state index contributed by atoms with van der Waals surface area (Å²) in [6, 6.07) is 1.51. The van der Waals surface area contributed by atoms with E-state index >= 15 is 0 Å². The van der Waals surface area contributed by atoms with Crippen LogP contribution in [-0.4, -0.2) is 24.4 Å². The fourth-order valence-corrected chi connectivity index (χ4v) is 2.17. The number of piperazine rings is 1. The predicted molar refractivity (Wildman–Crippen MR) is 65.7 cm³/mol. The molecule has 0 aromatic heterocycles. The normalized spacial score (nSPS) is 19.6. The molecule has 0 spiro atoms. The minimum atomic E-state index is -0.882. The molecule has 2 amide bonds. The third-order valence-electron chi connectivity index (χ3n) is 3.18. The van der Waals surface area contributed by atoms with Crippen molar-refractivity contribution in [1.29, 1.82) is 0 Å². The van der Waals surface area contributed by atoms with Crippen molar-refractivity contribution in [2.24, 2.45) is 0 Å². The lowest BCUT2D eigenvalue weighted by molar-refractivity contribution is -0.131. The first-order chi connectivity index (χ1) is 8.97. The van der Waals surface area contributed by atoms with Gasteiger partial charge in [-0.25, -0.2) is 8.78 Å². The molecule has 1 aliphatic rings. The van der Waals surface area contributed by atoms with E-state index in [4.69, 9.17) is 0 Å². The van der Waals surface area contributed by atoms with Crippen LogP contribution in [0.25, 0.3) is 0 Å². The van der Waals surface area contributed by atoms with Crippen molar-refractivity contribution in [1.82, 2.24) is 5.32 Å². The number of nitrogens with zero attached hydrogens (tertiary/aromatic N) is 1. The van der Waals surface area contributed by atoms with E-state index in [-0.39, 0.29) is 18.5 Å². The highest BCUT2D eigenvalue weighted by molar-refractivity contribution is 6.06. The first kappa shape index (κ1) is 13.5. The molecule has 0 radical (unpaired) electrons. The number of aryl methyl sites for hydroxylation is 1. The SMILES string of the molecule is CCC1C(=O)NCC(=O)N1c1c(F)ccc(C)c1F. The van der Waals surface area contributed by atoms with Gasteiger partial charge in [0.1, 0.15) is 17.5 Å². The van der Waals surface area contributed by atoms with Gasteiger partial charge in [0.2, 0.25) is 11.8 Å². The molecule has 1 N–H and O–H groups in total. The molecule has 1 saturated heterocycles. The third kappa shape index (κ3) is 2.18. The van der Waals surface area contributed by atoms with Crippen LogP contribution < -0.4 is 10.2 Å². The average molecular weight is 268 g/mol. The standard InChI is InChI=1S/C13H14F2N2O2/c1-3-9-13(19)16-6-10(18)17(9)12-8(14)5-4-7(2)11(12)15/h4-5,9H,3,6H2,1-2H3,(H,16,19).